The maximum Gasteiger partial charge on any atom is 0.260 e. The molecule has 1 atom stereocenters. The van der Waals surface area contributed by atoms with Crippen LogP contribution in [0.15, 0.2) is 53.7 Å². The zero-order valence-corrected chi connectivity index (χ0v) is 18.8. The Morgan fingerprint density at radius 3 is 2.37 bits per heavy atom. The molecule has 0 radical (unpaired) electrons. The number of benzene rings is 2. The summed E-state index contributed by atoms with van der Waals surface area (Å²) in [7, 11) is 0. The third-order valence-corrected chi connectivity index (χ3v) is 4.73. The first-order valence-corrected chi connectivity index (χ1v) is 10.7. The van der Waals surface area contributed by atoms with Gasteiger partial charge in [0.25, 0.3) is 5.91 Å². The monoisotopic (exact) mass is 404 g/mol. The normalized spacial score (nSPS) is 17.2. The second kappa shape index (κ2) is 9.29. The molecule has 0 aliphatic carbocycles. The summed E-state index contributed by atoms with van der Waals surface area (Å²) in [6, 6.07) is 13.9. The van der Waals surface area contributed by atoms with Crippen LogP contribution in [0.3, 0.4) is 0 Å². The van der Waals surface area contributed by atoms with E-state index in [9.17, 15) is 4.79 Å². The minimum absolute atomic E-state index is 0.00683. The van der Waals surface area contributed by atoms with Crippen LogP contribution in [0.25, 0.3) is 5.57 Å². The van der Waals surface area contributed by atoms with E-state index in [1.165, 1.54) is 0 Å². The highest BCUT2D eigenvalue weighted by molar-refractivity contribution is 6.05. The number of ether oxygens (including phenoxy) is 1. The number of amides is 1. The van der Waals surface area contributed by atoms with E-state index >= 15 is 0 Å². The molecule has 2 aromatic carbocycles. The number of carbonyl (C=O) groups excluding carboxylic acids is 1. The standard InChI is InChI=1S/C22H22N2O2.C4H10/c1-14(2)26-21-11-20-19(9-15(21)3)22(25)24-13-17(10-18(24)12-23-20)16-7-5-4-6-8-16;1-4(2)3/h4-9,11-14,18H,10H2,1-3H3;4H,1-3H3. The number of aryl methyl sites for hydroxylation is 1. The second-order valence-electron chi connectivity index (χ2n) is 8.82. The molecule has 0 saturated heterocycles. The summed E-state index contributed by atoms with van der Waals surface area (Å²) in [6.07, 6.45) is 4.71. The number of hydrogen-bond donors (Lipinski definition) is 0. The Bertz CT molecular complexity index is 956. The first-order chi connectivity index (χ1) is 14.3. The van der Waals surface area contributed by atoms with Crippen LogP contribution >= 0.6 is 0 Å². The molecule has 4 heteroatoms. The summed E-state index contributed by atoms with van der Waals surface area (Å²) in [5.74, 6) is 1.61. The van der Waals surface area contributed by atoms with Crippen molar-refractivity contribution in [3.8, 4) is 5.75 Å². The first-order valence-electron chi connectivity index (χ1n) is 10.7. The van der Waals surface area contributed by atoms with Gasteiger partial charge in [0.2, 0.25) is 0 Å². The van der Waals surface area contributed by atoms with Gasteiger partial charge in [-0.15, -0.1) is 0 Å². The van der Waals surface area contributed by atoms with E-state index in [0.717, 1.165) is 34.8 Å². The molecule has 2 aliphatic heterocycles. The van der Waals surface area contributed by atoms with Crippen molar-refractivity contribution in [1.29, 1.82) is 0 Å². The quantitative estimate of drug-likeness (QED) is 0.593. The fourth-order valence-electron chi connectivity index (χ4n) is 3.46. The SMILES string of the molecule is CC(C)C.Cc1cc2c(cc1OC(C)C)N=CC1CC(c3ccccc3)=CN1C2=O. The van der Waals surface area contributed by atoms with Crippen LogP contribution in [0.1, 0.15) is 62.5 Å². The van der Waals surface area contributed by atoms with Gasteiger partial charge in [-0.25, -0.2) is 0 Å². The summed E-state index contributed by atoms with van der Waals surface area (Å²) in [4.78, 5) is 19.6. The molecular formula is C26H32N2O2. The van der Waals surface area contributed by atoms with E-state index in [-0.39, 0.29) is 18.1 Å². The van der Waals surface area contributed by atoms with Crippen LogP contribution in [0.2, 0.25) is 0 Å². The van der Waals surface area contributed by atoms with Crippen molar-refractivity contribution in [3.05, 3.63) is 65.4 Å². The van der Waals surface area contributed by atoms with Crippen LogP contribution in [0.5, 0.6) is 5.75 Å². The highest BCUT2D eigenvalue weighted by Gasteiger charge is 2.33. The first kappa shape index (κ1) is 21.8. The molecule has 0 saturated carbocycles. The minimum Gasteiger partial charge on any atom is -0.491 e. The summed E-state index contributed by atoms with van der Waals surface area (Å²) >= 11 is 0. The molecule has 0 bridgehead atoms. The molecule has 30 heavy (non-hydrogen) atoms. The van der Waals surface area contributed by atoms with Crippen LogP contribution < -0.4 is 4.74 Å². The lowest BCUT2D eigenvalue weighted by molar-refractivity contribution is 0.0817. The van der Waals surface area contributed by atoms with Gasteiger partial charge in [-0.05, 0) is 49.5 Å². The van der Waals surface area contributed by atoms with Crippen LogP contribution in [-0.4, -0.2) is 29.2 Å². The maximum absolute atomic E-state index is 13.1. The molecule has 4 nitrogen and oxygen atoms in total. The Morgan fingerprint density at radius 2 is 1.73 bits per heavy atom. The molecular weight excluding hydrogens is 372 g/mol. The van der Waals surface area contributed by atoms with Gasteiger partial charge < -0.3 is 9.64 Å². The lowest BCUT2D eigenvalue weighted by Crippen LogP contribution is -2.32. The van der Waals surface area contributed by atoms with Gasteiger partial charge in [-0.3, -0.25) is 9.79 Å². The molecule has 2 heterocycles. The summed E-state index contributed by atoms with van der Waals surface area (Å²) < 4.78 is 5.85. The molecule has 2 aliphatic rings. The molecule has 0 spiro atoms. The summed E-state index contributed by atoms with van der Waals surface area (Å²) in [6.45, 7) is 12.4. The Labute approximate surface area is 180 Å². The zero-order valence-electron chi connectivity index (χ0n) is 18.8. The average molecular weight is 405 g/mol. The van der Waals surface area contributed by atoms with E-state index < -0.39 is 0 Å². The van der Waals surface area contributed by atoms with Gasteiger partial charge in [0.15, 0.2) is 0 Å². The molecule has 2 aromatic rings. The number of aliphatic imine (C=N–C) groups is 1. The van der Waals surface area contributed by atoms with Crippen molar-refractivity contribution < 1.29 is 9.53 Å². The topological polar surface area (TPSA) is 41.9 Å². The van der Waals surface area contributed by atoms with E-state index in [0.29, 0.717) is 11.3 Å². The minimum atomic E-state index is -0.0418. The van der Waals surface area contributed by atoms with E-state index in [4.69, 9.17) is 4.74 Å². The van der Waals surface area contributed by atoms with Crippen molar-refractivity contribution in [3.63, 3.8) is 0 Å². The van der Waals surface area contributed by atoms with Gasteiger partial charge in [0.1, 0.15) is 5.75 Å². The lowest BCUT2D eigenvalue weighted by Gasteiger charge is -2.19. The molecule has 4 rings (SSSR count). The van der Waals surface area contributed by atoms with E-state index in [2.05, 4.69) is 37.9 Å². The Morgan fingerprint density at radius 1 is 1.07 bits per heavy atom. The number of carbonyl (C=O) groups is 1. The van der Waals surface area contributed by atoms with Crippen molar-refractivity contribution in [2.24, 2.45) is 10.9 Å². The second-order valence-corrected chi connectivity index (χ2v) is 8.82. The maximum atomic E-state index is 13.1. The highest BCUT2D eigenvalue weighted by atomic mass is 16.5. The molecule has 158 valence electrons. The van der Waals surface area contributed by atoms with Crippen LogP contribution in [0, 0.1) is 12.8 Å². The Balaban J connectivity index is 0.000000589. The highest BCUT2D eigenvalue weighted by Crippen LogP contribution is 2.37. The summed E-state index contributed by atoms with van der Waals surface area (Å²) in [5.41, 5.74) is 4.57. The number of hydrogen-bond acceptors (Lipinski definition) is 3. The lowest BCUT2D eigenvalue weighted by atomic mass is 10.0. The predicted molar refractivity (Wildman–Crippen MR) is 125 cm³/mol. The number of rotatable bonds is 3. The fraction of sp³-hybridized carbons (Fsp3) is 0.385. The molecule has 1 amide bonds. The largest absolute Gasteiger partial charge is 0.491 e. The van der Waals surface area contributed by atoms with Crippen molar-refractivity contribution >= 4 is 23.4 Å². The van der Waals surface area contributed by atoms with Gasteiger partial charge >= 0.3 is 0 Å². The smallest absolute Gasteiger partial charge is 0.260 e. The third kappa shape index (κ3) is 4.99. The van der Waals surface area contributed by atoms with Gasteiger partial charge in [0.05, 0.1) is 23.4 Å². The Hall–Kier alpha value is -2.88. The van der Waals surface area contributed by atoms with E-state index in [1.54, 1.807) is 4.90 Å². The number of nitrogens with zero attached hydrogens (tertiary/aromatic N) is 2. The van der Waals surface area contributed by atoms with Crippen molar-refractivity contribution in [1.82, 2.24) is 4.90 Å². The van der Waals surface area contributed by atoms with Crippen LogP contribution in [0.4, 0.5) is 5.69 Å². The van der Waals surface area contributed by atoms with E-state index in [1.807, 2.05) is 63.5 Å². The van der Waals surface area contributed by atoms with Gasteiger partial charge in [-0.1, -0.05) is 51.1 Å². The molecule has 0 N–H and O–H groups in total. The zero-order chi connectivity index (χ0) is 21.8. The molecule has 1 unspecified atom stereocenters. The van der Waals surface area contributed by atoms with Gasteiger partial charge in [0, 0.05) is 24.9 Å². The van der Waals surface area contributed by atoms with Gasteiger partial charge in [-0.2, -0.15) is 0 Å². The molecule has 0 fully saturated rings. The fourth-order valence-corrected chi connectivity index (χ4v) is 3.46. The number of fused-ring (bicyclic) bond motifs is 2. The summed E-state index contributed by atoms with van der Waals surface area (Å²) in [5, 5.41) is 0. The van der Waals surface area contributed by atoms with Crippen molar-refractivity contribution in [2.45, 2.75) is 60.1 Å². The third-order valence-electron chi connectivity index (χ3n) is 4.73. The van der Waals surface area contributed by atoms with Crippen molar-refractivity contribution in [2.75, 3.05) is 0 Å². The van der Waals surface area contributed by atoms with Crippen LogP contribution in [-0.2, 0) is 0 Å². The Kier molecular flexibility index (Phi) is 6.76. The predicted octanol–water partition coefficient (Wildman–Crippen LogP) is 6.42. The average Bonchev–Trinajstić information content (AvgIpc) is 3.07. The molecule has 0 aromatic heterocycles.